The molecule has 0 aliphatic carbocycles. The van der Waals surface area contributed by atoms with Crippen LogP contribution in [-0.2, 0) is 5.60 Å². The number of aliphatic hydroxyl groups is 1. The molecular formula is C16H21N3O. The van der Waals surface area contributed by atoms with Crippen LogP contribution in [0.25, 0.3) is 0 Å². The Hall–Kier alpha value is -1.65. The molecule has 1 aromatic heterocycles. The standard InChI is InChI=1S/C16H21N3O/c1-13-8-17-19(9-13)15-10-18(11-15)12-16(2,20)14-6-4-3-5-7-14/h3-9,15,20H,10-12H2,1-2H3/t16-/m1/s1. The number of hydrogen-bond acceptors (Lipinski definition) is 3. The summed E-state index contributed by atoms with van der Waals surface area (Å²) in [7, 11) is 0. The van der Waals surface area contributed by atoms with Gasteiger partial charge >= 0.3 is 0 Å². The second-order valence-corrected chi connectivity index (χ2v) is 5.99. The molecule has 1 fully saturated rings. The van der Waals surface area contributed by atoms with Crippen molar-refractivity contribution in [2.45, 2.75) is 25.5 Å². The van der Waals surface area contributed by atoms with Crippen LogP contribution in [0.1, 0.15) is 24.1 Å². The van der Waals surface area contributed by atoms with Crippen molar-refractivity contribution < 1.29 is 5.11 Å². The maximum Gasteiger partial charge on any atom is 0.0994 e. The van der Waals surface area contributed by atoms with Crippen molar-refractivity contribution >= 4 is 0 Å². The minimum atomic E-state index is -0.799. The molecule has 1 aliphatic heterocycles. The first-order chi connectivity index (χ1) is 9.54. The largest absolute Gasteiger partial charge is 0.384 e. The molecule has 1 aliphatic rings. The molecule has 20 heavy (non-hydrogen) atoms. The first-order valence-electron chi connectivity index (χ1n) is 7.05. The number of benzene rings is 1. The summed E-state index contributed by atoms with van der Waals surface area (Å²) in [5.41, 5.74) is 1.37. The van der Waals surface area contributed by atoms with Crippen LogP contribution in [0.4, 0.5) is 0 Å². The number of nitrogens with zero attached hydrogens (tertiary/aromatic N) is 3. The van der Waals surface area contributed by atoms with Crippen molar-refractivity contribution in [2.24, 2.45) is 0 Å². The second kappa shape index (κ2) is 5.04. The van der Waals surface area contributed by atoms with E-state index in [1.807, 2.05) is 48.1 Å². The predicted octanol–water partition coefficient (Wildman–Crippen LogP) is 1.96. The molecule has 1 aromatic carbocycles. The van der Waals surface area contributed by atoms with Crippen LogP contribution >= 0.6 is 0 Å². The van der Waals surface area contributed by atoms with E-state index in [4.69, 9.17) is 0 Å². The highest BCUT2D eigenvalue weighted by molar-refractivity contribution is 5.22. The molecule has 0 amide bonds. The van der Waals surface area contributed by atoms with Gasteiger partial charge in [0.15, 0.2) is 0 Å². The van der Waals surface area contributed by atoms with Gasteiger partial charge in [-0.15, -0.1) is 0 Å². The van der Waals surface area contributed by atoms with E-state index in [2.05, 4.69) is 23.1 Å². The van der Waals surface area contributed by atoms with Crippen LogP contribution in [0.15, 0.2) is 42.7 Å². The monoisotopic (exact) mass is 271 g/mol. The van der Waals surface area contributed by atoms with Crippen LogP contribution in [0.3, 0.4) is 0 Å². The molecule has 0 bridgehead atoms. The highest BCUT2D eigenvalue weighted by atomic mass is 16.3. The van der Waals surface area contributed by atoms with Crippen LogP contribution in [0.5, 0.6) is 0 Å². The van der Waals surface area contributed by atoms with Gasteiger partial charge in [0.2, 0.25) is 0 Å². The van der Waals surface area contributed by atoms with Crippen molar-refractivity contribution in [3.05, 3.63) is 53.9 Å². The van der Waals surface area contributed by atoms with E-state index in [0.29, 0.717) is 12.6 Å². The molecular weight excluding hydrogens is 250 g/mol. The van der Waals surface area contributed by atoms with E-state index in [1.54, 1.807) is 0 Å². The lowest BCUT2D eigenvalue weighted by atomic mass is 9.93. The Labute approximate surface area is 119 Å². The summed E-state index contributed by atoms with van der Waals surface area (Å²) < 4.78 is 2.03. The Morgan fingerprint density at radius 1 is 1.30 bits per heavy atom. The Bertz CT molecular complexity index is 570. The number of aryl methyl sites for hydroxylation is 1. The smallest absolute Gasteiger partial charge is 0.0994 e. The molecule has 1 N–H and O–H groups in total. The summed E-state index contributed by atoms with van der Waals surface area (Å²) in [6.45, 7) is 6.50. The molecule has 106 valence electrons. The lowest BCUT2D eigenvalue weighted by molar-refractivity contribution is -0.0219. The fraction of sp³-hybridized carbons (Fsp3) is 0.438. The van der Waals surface area contributed by atoms with Gasteiger partial charge in [0, 0.05) is 25.8 Å². The summed E-state index contributed by atoms with van der Waals surface area (Å²) in [6.07, 6.45) is 3.97. The fourth-order valence-corrected chi connectivity index (χ4v) is 2.80. The molecule has 2 heterocycles. The van der Waals surface area contributed by atoms with Gasteiger partial charge in [0.25, 0.3) is 0 Å². The lowest BCUT2D eigenvalue weighted by Crippen LogP contribution is -2.52. The molecule has 1 saturated heterocycles. The van der Waals surface area contributed by atoms with Crippen molar-refractivity contribution in [3.8, 4) is 0 Å². The number of β-amino-alcohol motifs (C(OH)–C–C–N with tert-alkyl or cyclic N) is 1. The average molecular weight is 271 g/mol. The van der Waals surface area contributed by atoms with Gasteiger partial charge in [0.1, 0.15) is 0 Å². The molecule has 3 rings (SSSR count). The van der Waals surface area contributed by atoms with Crippen LogP contribution in [-0.4, -0.2) is 39.4 Å². The lowest BCUT2D eigenvalue weighted by Gasteiger charge is -2.42. The van der Waals surface area contributed by atoms with Gasteiger partial charge in [-0.1, -0.05) is 30.3 Å². The zero-order valence-corrected chi connectivity index (χ0v) is 12.0. The van der Waals surface area contributed by atoms with E-state index >= 15 is 0 Å². The summed E-state index contributed by atoms with van der Waals surface area (Å²) in [5.74, 6) is 0. The van der Waals surface area contributed by atoms with Crippen LogP contribution in [0.2, 0.25) is 0 Å². The molecule has 4 nitrogen and oxygen atoms in total. The minimum absolute atomic E-state index is 0.440. The van der Waals surface area contributed by atoms with Crippen molar-refractivity contribution in [2.75, 3.05) is 19.6 Å². The normalized spacial score (nSPS) is 19.6. The number of likely N-dealkylation sites (tertiary alicyclic amines) is 1. The third-order valence-electron chi connectivity index (χ3n) is 3.97. The maximum atomic E-state index is 10.6. The second-order valence-electron chi connectivity index (χ2n) is 5.99. The molecule has 4 heteroatoms. The van der Waals surface area contributed by atoms with Crippen LogP contribution < -0.4 is 0 Å². The van der Waals surface area contributed by atoms with Crippen LogP contribution in [0, 0.1) is 6.92 Å². The molecule has 2 aromatic rings. The summed E-state index contributed by atoms with van der Waals surface area (Å²) in [5, 5.41) is 15.0. The van der Waals surface area contributed by atoms with E-state index in [-0.39, 0.29) is 0 Å². The quantitative estimate of drug-likeness (QED) is 0.924. The Morgan fingerprint density at radius 3 is 2.60 bits per heavy atom. The zero-order chi connectivity index (χ0) is 14.2. The third kappa shape index (κ3) is 2.62. The summed E-state index contributed by atoms with van der Waals surface area (Å²) in [4.78, 5) is 2.27. The van der Waals surface area contributed by atoms with Gasteiger partial charge in [0.05, 0.1) is 17.8 Å². The topological polar surface area (TPSA) is 41.3 Å². The van der Waals surface area contributed by atoms with Gasteiger partial charge in [-0.25, -0.2) is 0 Å². The van der Waals surface area contributed by atoms with Gasteiger partial charge in [-0.2, -0.15) is 5.10 Å². The van der Waals surface area contributed by atoms with Crippen molar-refractivity contribution in [3.63, 3.8) is 0 Å². The van der Waals surface area contributed by atoms with Crippen molar-refractivity contribution in [1.29, 1.82) is 0 Å². The Kier molecular flexibility index (Phi) is 3.36. The highest BCUT2D eigenvalue weighted by Crippen LogP contribution is 2.27. The van der Waals surface area contributed by atoms with E-state index in [9.17, 15) is 5.11 Å². The average Bonchev–Trinajstić information content (AvgIpc) is 2.81. The van der Waals surface area contributed by atoms with E-state index in [1.165, 1.54) is 5.56 Å². The third-order valence-corrected chi connectivity index (χ3v) is 3.97. The highest BCUT2D eigenvalue weighted by Gasteiger charge is 2.34. The molecule has 0 spiro atoms. The summed E-state index contributed by atoms with van der Waals surface area (Å²) >= 11 is 0. The number of hydrogen-bond donors (Lipinski definition) is 1. The van der Waals surface area contributed by atoms with Gasteiger partial charge in [-0.05, 0) is 25.0 Å². The van der Waals surface area contributed by atoms with E-state index < -0.39 is 5.60 Å². The fourth-order valence-electron chi connectivity index (χ4n) is 2.80. The number of rotatable bonds is 4. The van der Waals surface area contributed by atoms with Gasteiger partial charge < -0.3 is 5.11 Å². The minimum Gasteiger partial charge on any atom is -0.384 e. The maximum absolute atomic E-state index is 10.6. The SMILES string of the molecule is Cc1cnn(C2CN(C[C@@](C)(O)c3ccccc3)C2)c1. The Balaban J connectivity index is 1.58. The van der Waals surface area contributed by atoms with Gasteiger partial charge in [-0.3, -0.25) is 9.58 Å². The molecule has 0 radical (unpaired) electrons. The molecule has 1 atom stereocenters. The first-order valence-corrected chi connectivity index (χ1v) is 7.05. The van der Waals surface area contributed by atoms with E-state index in [0.717, 1.165) is 18.7 Å². The number of aromatic nitrogens is 2. The molecule has 0 unspecified atom stereocenters. The Morgan fingerprint density at radius 2 is 2.00 bits per heavy atom. The predicted molar refractivity (Wildman–Crippen MR) is 78.5 cm³/mol. The first kappa shape index (κ1) is 13.3. The molecule has 0 saturated carbocycles. The summed E-state index contributed by atoms with van der Waals surface area (Å²) in [6, 6.07) is 10.3. The van der Waals surface area contributed by atoms with Crippen molar-refractivity contribution in [1.82, 2.24) is 14.7 Å². The zero-order valence-electron chi connectivity index (χ0n) is 12.0.